The highest BCUT2D eigenvalue weighted by Crippen LogP contribution is 2.19. The second-order valence-corrected chi connectivity index (χ2v) is 6.37. The van der Waals surface area contributed by atoms with Crippen LogP contribution < -0.4 is 16.4 Å². The molecule has 164 valence electrons. The standard InChI is InChI=1S/C18H4BF12/c20-4-1-5(21)14(27)10(13(4)26)19(11-15(28)6(22)2-7(23)16(11)29)12-17(30)8(24)3-9(25)18(12)31/h1-3,19H/q-1. The molecular formula is C18H4BF12-. The van der Waals surface area contributed by atoms with Crippen molar-refractivity contribution in [3.63, 3.8) is 0 Å². The maximum Gasteiger partial charge on any atom is 0.158 e. The Bertz CT molecular complexity index is 994. The summed E-state index contributed by atoms with van der Waals surface area (Å²) in [4.78, 5) is 0. The van der Waals surface area contributed by atoms with E-state index in [1.807, 2.05) is 0 Å². The van der Waals surface area contributed by atoms with Gasteiger partial charge in [0.15, 0.2) is 34.9 Å². The van der Waals surface area contributed by atoms with Crippen LogP contribution in [0.5, 0.6) is 0 Å². The zero-order valence-corrected chi connectivity index (χ0v) is 14.5. The zero-order chi connectivity index (χ0) is 23.4. The molecule has 0 spiro atoms. The molecule has 0 radical (unpaired) electrons. The van der Waals surface area contributed by atoms with Crippen molar-refractivity contribution in [2.75, 3.05) is 0 Å². The third-order valence-electron chi connectivity index (χ3n) is 4.67. The molecule has 0 saturated carbocycles. The Morgan fingerprint density at radius 1 is 0.323 bits per heavy atom. The second kappa shape index (κ2) is 7.86. The van der Waals surface area contributed by atoms with Gasteiger partial charge in [0.05, 0.1) is 6.71 Å². The maximum absolute atomic E-state index is 14.4. The highest BCUT2D eigenvalue weighted by molar-refractivity contribution is 6.95. The minimum absolute atomic E-state index is 0.386. The highest BCUT2D eigenvalue weighted by atomic mass is 19.2. The van der Waals surface area contributed by atoms with Crippen LogP contribution in [-0.4, -0.2) is 6.71 Å². The molecule has 0 aromatic heterocycles. The number of rotatable bonds is 3. The summed E-state index contributed by atoms with van der Waals surface area (Å²) in [5, 5.41) is 0. The summed E-state index contributed by atoms with van der Waals surface area (Å²) in [5.74, 6) is -28.2. The van der Waals surface area contributed by atoms with Gasteiger partial charge in [-0.15, -0.1) is 16.4 Å². The first-order valence-corrected chi connectivity index (χ1v) is 8.06. The van der Waals surface area contributed by atoms with E-state index in [1.54, 1.807) is 0 Å². The normalized spacial score (nSPS) is 11.5. The molecule has 0 aliphatic heterocycles. The van der Waals surface area contributed by atoms with E-state index in [9.17, 15) is 52.7 Å². The number of hydrogen-bond donors (Lipinski definition) is 0. The fourth-order valence-corrected chi connectivity index (χ4v) is 3.33. The molecule has 13 heteroatoms. The largest absolute Gasteiger partial charge is 0.207 e. The molecular weight excluding hydrogens is 455 g/mol. The van der Waals surface area contributed by atoms with E-state index in [2.05, 4.69) is 0 Å². The van der Waals surface area contributed by atoms with E-state index in [4.69, 9.17) is 0 Å². The maximum atomic E-state index is 14.4. The summed E-state index contributed by atoms with van der Waals surface area (Å²) >= 11 is 0. The van der Waals surface area contributed by atoms with Crippen molar-refractivity contribution in [2.24, 2.45) is 0 Å². The van der Waals surface area contributed by atoms with Gasteiger partial charge in [-0.1, -0.05) is 0 Å². The zero-order valence-electron chi connectivity index (χ0n) is 14.5. The molecule has 0 bridgehead atoms. The SMILES string of the molecule is Fc1cc(F)c(F)c([BH-](c2c(F)c(F)cc(F)c2F)c2c(F)c(F)cc(F)c2F)c1F. The number of halogens is 12. The lowest BCUT2D eigenvalue weighted by Crippen LogP contribution is -2.60. The lowest BCUT2D eigenvalue weighted by atomic mass is 9.36. The summed E-state index contributed by atoms with van der Waals surface area (Å²) in [6, 6.07) is -1.16. The summed E-state index contributed by atoms with van der Waals surface area (Å²) in [6.45, 7) is -4.62. The summed E-state index contributed by atoms with van der Waals surface area (Å²) in [6.07, 6.45) is 0. The monoisotopic (exact) mass is 459 g/mol. The average Bonchev–Trinajstić information content (AvgIpc) is 2.69. The van der Waals surface area contributed by atoms with Gasteiger partial charge in [-0.3, -0.25) is 0 Å². The Hall–Kier alpha value is -3.12. The molecule has 0 unspecified atom stereocenters. The fourth-order valence-electron chi connectivity index (χ4n) is 3.33. The first kappa shape index (κ1) is 22.6. The van der Waals surface area contributed by atoms with Gasteiger partial charge in [0, 0.05) is 18.2 Å². The first-order chi connectivity index (χ1) is 14.4. The summed E-state index contributed by atoms with van der Waals surface area (Å²) < 4.78 is 168. The third kappa shape index (κ3) is 3.51. The van der Waals surface area contributed by atoms with E-state index in [0.717, 1.165) is 0 Å². The Labute approximate surface area is 164 Å². The molecule has 3 rings (SSSR count). The molecule has 3 aromatic rings. The Balaban J connectivity index is 2.61. The minimum Gasteiger partial charge on any atom is -0.207 e. The molecule has 0 aliphatic rings. The lowest BCUT2D eigenvalue weighted by molar-refractivity contribution is 0.456. The van der Waals surface area contributed by atoms with Crippen molar-refractivity contribution >= 4 is 23.1 Å². The van der Waals surface area contributed by atoms with Crippen LogP contribution in [0.1, 0.15) is 0 Å². The van der Waals surface area contributed by atoms with E-state index in [-0.39, 0.29) is 18.2 Å². The van der Waals surface area contributed by atoms with Crippen LogP contribution in [0, 0.1) is 69.8 Å². The van der Waals surface area contributed by atoms with Gasteiger partial charge in [-0.2, -0.15) is 0 Å². The molecule has 0 atom stereocenters. The first-order valence-electron chi connectivity index (χ1n) is 8.06. The molecule has 0 amide bonds. The Kier molecular flexibility index (Phi) is 5.72. The number of benzene rings is 3. The van der Waals surface area contributed by atoms with E-state index < -0.39 is 92.9 Å². The van der Waals surface area contributed by atoms with Gasteiger partial charge in [-0.05, 0) is 0 Å². The second-order valence-electron chi connectivity index (χ2n) is 6.37. The highest BCUT2D eigenvalue weighted by Gasteiger charge is 2.33. The van der Waals surface area contributed by atoms with Crippen molar-refractivity contribution in [3.05, 3.63) is 88.0 Å². The number of hydrogen-bond acceptors (Lipinski definition) is 0. The molecule has 0 N–H and O–H groups in total. The van der Waals surface area contributed by atoms with Gasteiger partial charge in [0.1, 0.15) is 34.9 Å². The molecule has 3 aromatic carbocycles. The van der Waals surface area contributed by atoms with Crippen LogP contribution in [-0.2, 0) is 0 Å². The van der Waals surface area contributed by atoms with Gasteiger partial charge in [0.25, 0.3) is 0 Å². The predicted octanol–water partition coefficient (Wildman–Crippen LogP) is 3.60. The average molecular weight is 459 g/mol. The van der Waals surface area contributed by atoms with Crippen LogP contribution >= 0.6 is 0 Å². The van der Waals surface area contributed by atoms with Crippen molar-refractivity contribution in [1.29, 1.82) is 0 Å². The quantitative estimate of drug-likeness (QED) is 0.319. The topological polar surface area (TPSA) is 0 Å². The van der Waals surface area contributed by atoms with Crippen LogP contribution in [0.4, 0.5) is 52.7 Å². The Morgan fingerprint density at radius 2 is 0.484 bits per heavy atom. The summed E-state index contributed by atoms with van der Waals surface area (Å²) in [5.41, 5.74) is -6.37. The van der Waals surface area contributed by atoms with Crippen molar-refractivity contribution < 1.29 is 52.7 Å². The molecule has 0 aliphatic carbocycles. The van der Waals surface area contributed by atoms with Gasteiger partial charge in [0.2, 0.25) is 0 Å². The van der Waals surface area contributed by atoms with Crippen LogP contribution in [0.15, 0.2) is 18.2 Å². The smallest absolute Gasteiger partial charge is 0.158 e. The van der Waals surface area contributed by atoms with E-state index in [1.165, 1.54) is 0 Å². The van der Waals surface area contributed by atoms with E-state index >= 15 is 0 Å². The Morgan fingerprint density at radius 3 is 0.645 bits per heavy atom. The van der Waals surface area contributed by atoms with Crippen LogP contribution in [0.2, 0.25) is 0 Å². The lowest BCUT2D eigenvalue weighted by Gasteiger charge is -2.29. The third-order valence-corrected chi connectivity index (χ3v) is 4.67. The van der Waals surface area contributed by atoms with Crippen molar-refractivity contribution in [2.45, 2.75) is 0 Å². The van der Waals surface area contributed by atoms with Crippen LogP contribution in [0.25, 0.3) is 0 Å². The molecule has 0 fully saturated rings. The van der Waals surface area contributed by atoms with Crippen LogP contribution in [0.3, 0.4) is 0 Å². The van der Waals surface area contributed by atoms with Crippen molar-refractivity contribution in [3.8, 4) is 0 Å². The fraction of sp³-hybridized carbons (Fsp3) is 0. The molecule has 0 nitrogen and oxygen atoms in total. The van der Waals surface area contributed by atoms with Gasteiger partial charge in [-0.25, -0.2) is 52.7 Å². The van der Waals surface area contributed by atoms with E-state index in [0.29, 0.717) is 0 Å². The van der Waals surface area contributed by atoms with Gasteiger partial charge >= 0.3 is 0 Å². The predicted molar refractivity (Wildman–Crippen MR) is 84.9 cm³/mol. The summed E-state index contributed by atoms with van der Waals surface area (Å²) in [7, 11) is 0. The molecule has 0 heterocycles. The molecule has 31 heavy (non-hydrogen) atoms. The molecule has 0 saturated heterocycles. The van der Waals surface area contributed by atoms with Crippen molar-refractivity contribution in [1.82, 2.24) is 0 Å². The minimum atomic E-state index is -4.62. The van der Waals surface area contributed by atoms with Gasteiger partial charge < -0.3 is 0 Å².